The maximum absolute atomic E-state index is 12.8. The zero-order chi connectivity index (χ0) is 25.2. The van der Waals surface area contributed by atoms with E-state index in [4.69, 9.17) is 14.2 Å². The van der Waals surface area contributed by atoms with Gasteiger partial charge in [0.25, 0.3) is 15.9 Å². The molecule has 1 aromatic heterocycles. The first-order valence-corrected chi connectivity index (χ1v) is 12.4. The topological polar surface area (TPSA) is 136 Å². The molecule has 184 valence electrons. The van der Waals surface area contributed by atoms with Gasteiger partial charge in [-0.15, -0.1) is 0 Å². The second-order valence-corrected chi connectivity index (χ2v) is 9.45. The van der Waals surface area contributed by atoms with E-state index in [1.165, 1.54) is 31.4 Å². The number of rotatable bonds is 7. The van der Waals surface area contributed by atoms with Crippen LogP contribution in [0.5, 0.6) is 11.5 Å². The van der Waals surface area contributed by atoms with Crippen molar-refractivity contribution < 1.29 is 32.2 Å². The molecule has 1 aliphatic rings. The molecule has 0 unspecified atom stereocenters. The number of carbonyl (C=O) groups is 2. The number of aromatic nitrogens is 1. The first-order valence-electron chi connectivity index (χ1n) is 10.9. The Morgan fingerprint density at radius 1 is 1.03 bits per heavy atom. The number of methoxy groups -OCH3 is 1. The number of benzene rings is 2. The smallest absolute Gasteiger partial charge is 0.339 e. The maximum Gasteiger partial charge on any atom is 0.339 e. The SMILES string of the molecule is CCc1[nH]c(C(=O)Nc2ccc(NS(=O)(=O)c3ccc4c(c3)OCCO4)cc2)c(C)c1C(=O)OC. The van der Waals surface area contributed by atoms with Crippen LogP contribution in [0.25, 0.3) is 0 Å². The first kappa shape index (κ1) is 24.1. The third kappa shape index (κ3) is 4.94. The summed E-state index contributed by atoms with van der Waals surface area (Å²) in [4.78, 5) is 27.9. The number of hydrogen-bond acceptors (Lipinski definition) is 7. The zero-order valence-corrected chi connectivity index (χ0v) is 20.2. The van der Waals surface area contributed by atoms with Gasteiger partial charge in [0.1, 0.15) is 18.9 Å². The quantitative estimate of drug-likeness (QED) is 0.423. The van der Waals surface area contributed by atoms with E-state index < -0.39 is 21.9 Å². The summed E-state index contributed by atoms with van der Waals surface area (Å²) in [7, 11) is -2.58. The molecule has 0 bridgehead atoms. The number of aromatic amines is 1. The third-order valence-corrected chi connectivity index (χ3v) is 6.90. The number of amides is 1. The lowest BCUT2D eigenvalue weighted by atomic mass is 10.1. The van der Waals surface area contributed by atoms with E-state index in [9.17, 15) is 18.0 Å². The lowest BCUT2D eigenvalue weighted by molar-refractivity contribution is 0.0599. The van der Waals surface area contributed by atoms with E-state index in [2.05, 4.69) is 15.0 Å². The normalized spacial score (nSPS) is 12.7. The average Bonchev–Trinajstić information content (AvgIpc) is 3.20. The van der Waals surface area contributed by atoms with Crippen LogP contribution in [0.1, 0.15) is 39.0 Å². The molecule has 11 heteroatoms. The average molecular weight is 500 g/mol. The van der Waals surface area contributed by atoms with Crippen molar-refractivity contribution in [1.82, 2.24) is 4.98 Å². The third-order valence-electron chi connectivity index (χ3n) is 5.52. The lowest BCUT2D eigenvalue weighted by Crippen LogP contribution is -2.17. The van der Waals surface area contributed by atoms with Gasteiger partial charge < -0.3 is 24.5 Å². The number of fused-ring (bicyclic) bond motifs is 1. The fraction of sp³-hybridized carbons (Fsp3) is 0.250. The predicted octanol–water partition coefficient (Wildman–Crippen LogP) is 3.50. The van der Waals surface area contributed by atoms with Crippen LogP contribution in [0, 0.1) is 6.92 Å². The number of sulfonamides is 1. The van der Waals surface area contributed by atoms with E-state index in [0.717, 1.165) is 0 Å². The van der Waals surface area contributed by atoms with Crippen molar-refractivity contribution in [3.8, 4) is 11.5 Å². The van der Waals surface area contributed by atoms with Crippen molar-refractivity contribution in [1.29, 1.82) is 0 Å². The van der Waals surface area contributed by atoms with Crippen LogP contribution in [0.4, 0.5) is 11.4 Å². The number of carbonyl (C=O) groups excluding carboxylic acids is 2. The van der Waals surface area contributed by atoms with Gasteiger partial charge in [0, 0.05) is 23.1 Å². The van der Waals surface area contributed by atoms with Gasteiger partial charge in [-0.25, -0.2) is 13.2 Å². The zero-order valence-electron chi connectivity index (χ0n) is 19.4. The maximum atomic E-state index is 12.8. The minimum atomic E-state index is -3.87. The van der Waals surface area contributed by atoms with Crippen LogP contribution >= 0.6 is 0 Å². The standard InChI is InChI=1S/C24H25N3O7S/c1-4-18-21(24(29)32-3)14(2)22(26-18)23(28)25-15-5-7-16(8-6-15)27-35(30,31)17-9-10-19-20(13-17)34-12-11-33-19/h5-10,13,26-27H,4,11-12H2,1-3H3,(H,25,28). The van der Waals surface area contributed by atoms with Gasteiger partial charge in [-0.2, -0.15) is 0 Å². The second-order valence-electron chi connectivity index (χ2n) is 7.77. The van der Waals surface area contributed by atoms with Crippen molar-refractivity contribution in [3.05, 3.63) is 65.0 Å². The number of H-pyrrole nitrogens is 1. The molecular weight excluding hydrogens is 474 g/mol. The second kappa shape index (κ2) is 9.71. The molecule has 0 radical (unpaired) electrons. The highest BCUT2D eigenvalue weighted by Gasteiger charge is 2.24. The Morgan fingerprint density at radius 3 is 2.34 bits per heavy atom. The molecule has 3 aromatic rings. The number of aryl methyl sites for hydroxylation is 1. The van der Waals surface area contributed by atoms with Crippen molar-refractivity contribution in [2.24, 2.45) is 0 Å². The van der Waals surface area contributed by atoms with Gasteiger partial charge >= 0.3 is 5.97 Å². The fourth-order valence-electron chi connectivity index (χ4n) is 3.75. The molecule has 1 aliphatic heterocycles. The largest absolute Gasteiger partial charge is 0.486 e. The van der Waals surface area contributed by atoms with E-state index >= 15 is 0 Å². The first-order chi connectivity index (χ1) is 16.7. The van der Waals surface area contributed by atoms with E-state index in [1.807, 2.05) is 6.92 Å². The van der Waals surface area contributed by atoms with Gasteiger partial charge in [0.05, 0.1) is 17.6 Å². The molecule has 4 rings (SSSR count). The Balaban J connectivity index is 1.47. The highest BCUT2D eigenvalue weighted by Crippen LogP contribution is 2.33. The summed E-state index contributed by atoms with van der Waals surface area (Å²) in [5.41, 5.74) is 2.48. The van der Waals surface area contributed by atoms with Gasteiger partial charge in [0.2, 0.25) is 0 Å². The summed E-state index contributed by atoms with van der Waals surface area (Å²) in [6.45, 7) is 4.30. The van der Waals surface area contributed by atoms with Crippen molar-refractivity contribution in [3.63, 3.8) is 0 Å². The van der Waals surface area contributed by atoms with Gasteiger partial charge in [0.15, 0.2) is 11.5 Å². The molecule has 2 aromatic carbocycles. The summed E-state index contributed by atoms with van der Waals surface area (Å²) < 4.78 is 43.8. The Hall–Kier alpha value is -3.99. The molecule has 35 heavy (non-hydrogen) atoms. The Bertz CT molecular complexity index is 1380. The summed E-state index contributed by atoms with van der Waals surface area (Å²) >= 11 is 0. The van der Waals surface area contributed by atoms with Gasteiger partial charge in [-0.1, -0.05) is 6.92 Å². The fourth-order valence-corrected chi connectivity index (χ4v) is 4.82. The monoisotopic (exact) mass is 499 g/mol. The molecule has 0 fully saturated rings. The van der Waals surface area contributed by atoms with Crippen LogP contribution in [-0.2, 0) is 21.2 Å². The molecule has 0 saturated carbocycles. The summed E-state index contributed by atoms with van der Waals surface area (Å²) in [6, 6.07) is 10.6. The summed E-state index contributed by atoms with van der Waals surface area (Å²) in [5.74, 6) is -0.0722. The number of hydrogen-bond donors (Lipinski definition) is 3. The molecule has 0 atom stereocenters. The lowest BCUT2D eigenvalue weighted by Gasteiger charge is -2.19. The van der Waals surface area contributed by atoms with E-state index in [-0.39, 0.29) is 10.6 Å². The molecule has 10 nitrogen and oxygen atoms in total. The van der Waals surface area contributed by atoms with Gasteiger partial charge in [-0.3, -0.25) is 9.52 Å². The molecule has 2 heterocycles. The molecule has 0 aliphatic carbocycles. The summed E-state index contributed by atoms with van der Waals surface area (Å²) in [6.07, 6.45) is 0.525. The number of ether oxygens (including phenoxy) is 3. The van der Waals surface area contributed by atoms with Gasteiger partial charge in [-0.05, 0) is 55.3 Å². The van der Waals surface area contributed by atoms with Crippen LogP contribution < -0.4 is 19.5 Å². The molecule has 3 N–H and O–H groups in total. The Kier molecular flexibility index (Phi) is 6.70. The number of esters is 1. The molecule has 1 amide bonds. The minimum Gasteiger partial charge on any atom is -0.486 e. The predicted molar refractivity (Wildman–Crippen MR) is 129 cm³/mol. The van der Waals surface area contributed by atoms with E-state index in [0.29, 0.717) is 59.3 Å². The van der Waals surface area contributed by atoms with Crippen molar-refractivity contribution in [2.45, 2.75) is 25.2 Å². The van der Waals surface area contributed by atoms with Crippen molar-refractivity contribution in [2.75, 3.05) is 30.4 Å². The van der Waals surface area contributed by atoms with Crippen molar-refractivity contribution >= 4 is 33.3 Å². The highest BCUT2D eigenvalue weighted by molar-refractivity contribution is 7.92. The van der Waals surface area contributed by atoms with Crippen LogP contribution in [0.15, 0.2) is 47.4 Å². The van der Waals surface area contributed by atoms with Crippen LogP contribution in [-0.4, -0.2) is 45.6 Å². The van der Waals surface area contributed by atoms with E-state index in [1.54, 1.807) is 25.1 Å². The molecule has 0 saturated heterocycles. The number of anilines is 2. The summed E-state index contributed by atoms with van der Waals surface area (Å²) in [5, 5.41) is 2.75. The Labute approximate surface area is 202 Å². The Morgan fingerprint density at radius 2 is 1.69 bits per heavy atom. The van der Waals surface area contributed by atoms with Crippen LogP contribution in [0.2, 0.25) is 0 Å². The number of nitrogens with one attached hydrogen (secondary N) is 3. The molecular formula is C24H25N3O7S. The van der Waals surface area contributed by atoms with Crippen LogP contribution in [0.3, 0.4) is 0 Å². The minimum absolute atomic E-state index is 0.0366. The highest BCUT2D eigenvalue weighted by atomic mass is 32.2. The molecule has 0 spiro atoms.